The molecule has 0 saturated carbocycles. The number of benzene rings is 2. The smallest absolute Gasteiger partial charge is 0.262 e. The quantitative estimate of drug-likeness (QED) is 0.289. The summed E-state index contributed by atoms with van der Waals surface area (Å²) in [6, 6.07) is 17.0. The van der Waals surface area contributed by atoms with Gasteiger partial charge in [-0.15, -0.1) is 0 Å². The van der Waals surface area contributed by atoms with Gasteiger partial charge in [-0.1, -0.05) is 67.1 Å². The van der Waals surface area contributed by atoms with Crippen molar-refractivity contribution in [2.75, 3.05) is 19.6 Å². The maximum atomic E-state index is 12.3. The van der Waals surface area contributed by atoms with Gasteiger partial charge in [0.25, 0.3) is 5.56 Å². The third kappa shape index (κ3) is 6.41. The predicted octanol–water partition coefficient (Wildman–Crippen LogP) is 6.83. The third-order valence-electron chi connectivity index (χ3n) is 6.05. The number of hydrogen-bond acceptors (Lipinski definition) is 5. The first-order valence-electron chi connectivity index (χ1n) is 11.9. The van der Waals surface area contributed by atoms with Gasteiger partial charge in [0, 0.05) is 22.6 Å². The molecule has 0 amide bonds. The van der Waals surface area contributed by atoms with Crippen LogP contribution in [-0.2, 0) is 0 Å². The van der Waals surface area contributed by atoms with Crippen molar-refractivity contribution in [3.8, 4) is 22.5 Å². The Labute approximate surface area is 209 Å². The van der Waals surface area contributed by atoms with Crippen LogP contribution in [0.4, 0.5) is 0 Å². The summed E-state index contributed by atoms with van der Waals surface area (Å²) in [5.41, 5.74) is 2.54. The van der Waals surface area contributed by atoms with E-state index in [9.17, 15) is 4.79 Å². The average Bonchev–Trinajstić information content (AvgIpc) is 3.27. The van der Waals surface area contributed by atoms with Gasteiger partial charge >= 0.3 is 0 Å². The Morgan fingerprint density at radius 1 is 1.06 bits per heavy atom. The summed E-state index contributed by atoms with van der Waals surface area (Å²) < 4.78 is 5.89. The molecule has 7 heteroatoms. The second-order valence-corrected chi connectivity index (χ2v) is 9.10. The summed E-state index contributed by atoms with van der Waals surface area (Å²) in [7, 11) is 0. The Balaban J connectivity index is 0.000000204. The van der Waals surface area contributed by atoms with Crippen molar-refractivity contribution < 1.29 is 9.52 Å². The van der Waals surface area contributed by atoms with Crippen LogP contribution in [-0.4, -0.2) is 39.6 Å². The molecule has 182 valence electrons. The molecule has 1 saturated heterocycles. The fraction of sp³-hybridized carbons (Fsp3) is 0.286. The minimum Gasteiger partial charge on any atom is -0.513 e. The number of likely N-dealkylation sites (tertiary alicyclic amines) is 1. The highest BCUT2D eigenvalue weighted by Gasteiger charge is 2.20. The Bertz CT molecular complexity index is 1310. The van der Waals surface area contributed by atoms with E-state index in [0.717, 1.165) is 36.1 Å². The molecule has 0 aliphatic carbocycles. The van der Waals surface area contributed by atoms with Gasteiger partial charge in [-0.25, -0.2) is 4.98 Å². The van der Waals surface area contributed by atoms with Gasteiger partial charge in [0.2, 0.25) is 5.71 Å². The molecule has 2 aromatic carbocycles. The van der Waals surface area contributed by atoms with E-state index in [2.05, 4.69) is 21.4 Å². The van der Waals surface area contributed by atoms with E-state index in [4.69, 9.17) is 21.1 Å². The number of H-pyrrole nitrogens is 1. The van der Waals surface area contributed by atoms with Crippen LogP contribution < -0.4 is 5.56 Å². The lowest BCUT2D eigenvalue weighted by atomic mass is 10.00. The van der Waals surface area contributed by atoms with Crippen molar-refractivity contribution in [2.24, 2.45) is 0 Å². The van der Waals surface area contributed by atoms with Gasteiger partial charge in [-0.3, -0.25) is 4.79 Å². The molecule has 35 heavy (non-hydrogen) atoms. The number of piperidine rings is 1. The lowest BCUT2D eigenvalue weighted by Gasteiger charge is -2.26. The molecule has 0 unspecified atom stereocenters. The monoisotopic (exact) mass is 491 g/mol. The van der Waals surface area contributed by atoms with E-state index in [0.29, 0.717) is 27.6 Å². The van der Waals surface area contributed by atoms with E-state index in [1.165, 1.54) is 38.7 Å². The van der Waals surface area contributed by atoms with E-state index in [1.54, 1.807) is 12.1 Å². The topological polar surface area (TPSA) is 82.4 Å². The van der Waals surface area contributed by atoms with E-state index in [1.807, 2.05) is 42.5 Å². The Morgan fingerprint density at radius 2 is 1.77 bits per heavy atom. The van der Waals surface area contributed by atoms with Gasteiger partial charge in [0.15, 0.2) is 0 Å². The fourth-order valence-corrected chi connectivity index (χ4v) is 4.44. The average molecular weight is 492 g/mol. The number of aliphatic hydroxyl groups is 1. The van der Waals surface area contributed by atoms with Gasteiger partial charge in [-0.2, -0.15) is 0 Å². The molecule has 5 rings (SSSR count). The highest BCUT2D eigenvalue weighted by molar-refractivity contribution is 6.30. The third-order valence-corrected chi connectivity index (χ3v) is 6.30. The first-order chi connectivity index (χ1) is 17.0. The van der Waals surface area contributed by atoms with Crippen LogP contribution >= 0.6 is 11.6 Å². The van der Waals surface area contributed by atoms with E-state index < -0.39 is 0 Å². The standard InChI is InChI=1S/C18H11ClN2O2.C10H19NO/c19-13-8-6-11(7-9-13)14-15-17(22)20-10-21-18(15)23-16(14)12-4-2-1-3-5-12;1-10(12)6-5-9-11-7-3-2-4-8-11/h1-10H,(H,20,21,22);12H,1-9H2. The zero-order chi connectivity index (χ0) is 24.6. The molecule has 0 atom stereocenters. The molecule has 1 aliphatic heterocycles. The molecule has 0 bridgehead atoms. The number of aromatic nitrogens is 2. The summed E-state index contributed by atoms with van der Waals surface area (Å²) in [4.78, 5) is 21.5. The minimum absolute atomic E-state index is 0.231. The molecule has 1 fully saturated rings. The second-order valence-electron chi connectivity index (χ2n) is 8.66. The molecule has 6 nitrogen and oxygen atoms in total. The second kappa shape index (κ2) is 11.9. The molecule has 1 aliphatic rings. The van der Waals surface area contributed by atoms with Gasteiger partial charge in [0.05, 0.1) is 12.1 Å². The maximum Gasteiger partial charge on any atom is 0.262 e. The number of rotatable bonds is 6. The number of halogens is 1. The number of hydrogen-bond donors (Lipinski definition) is 2. The SMILES string of the molecule is C=C(O)CCCN1CCCCC1.O=c1[nH]cnc2oc(-c3ccccc3)c(-c3ccc(Cl)cc3)c12. The molecule has 4 aromatic rings. The molecular formula is C28H30ClN3O3. The van der Waals surface area contributed by atoms with Crippen LogP contribution in [0.3, 0.4) is 0 Å². The van der Waals surface area contributed by atoms with Crippen molar-refractivity contribution >= 4 is 22.7 Å². The van der Waals surface area contributed by atoms with Crippen molar-refractivity contribution in [1.29, 1.82) is 0 Å². The molecule has 0 radical (unpaired) electrons. The largest absolute Gasteiger partial charge is 0.513 e. The zero-order valence-electron chi connectivity index (χ0n) is 19.7. The lowest BCUT2D eigenvalue weighted by Crippen LogP contribution is -2.30. The Kier molecular flexibility index (Phi) is 8.40. The minimum atomic E-state index is -0.231. The number of allylic oxidation sites excluding steroid dienone is 1. The van der Waals surface area contributed by atoms with Crippen LogP contribution in [0.5, 0.6) is 0 Å². The van der Waals surface area contributed by atoms with Crippen molar-refractivity contribution in [3.63, 3.8) is 0 Å². The lowest BCUT2D eigenvalue weighted by molar-refractivity contribution is 0.223. The van der Waals surface area contributed by atoms with Crippen LogP contribution in [0.1, 0.15) is 32.1 Å². The summed E-state index contributed by atoms with van der Waals surface area (Å²) in [6.07, 6.45) is 7.24. The Morgan fingerprint density at radius 3 is 2.46 bits per heavy atom. The number of nitrogens with one attached hydrogen (secondary N) is 1. The highest BCUT2D eigenvalue weighted by atomic mass is 35.5. The number of fused-ring (bicyclic) bond motifs is 1. The first kappa shape index (κ1) is 24.8. The van der Waals surface area contributed by atoms with Crippen LogP contribution in [0.25, 0.3) is 33.6 Å². The van der Waals surface area contributed by atoms with E-state index in [-0.39, 0.29) is 5.56 Å². The van der Waals surface area contributed by atoms with Gasteiger partial charge < -0.3 is 19.4 Å². The number of aromatic amines is 1. The van der Waals surface area contributed by atoms with Crippen LogP contribution in [0, 0.1) is 0 Å². The number of aliphatic hydroxyl groups excluding tert-OH is 1. The van der Waals surface area contributed by atoms with Crippen molar-refractivity contribution in [3.05, 3.63) is 88.6 Å². The van der Waals surface area contributed by atoms with Gasteiger partial charge in [0.1, 0.15) is 11.1 Å². The summed E-state index contributed by atoms with van der Waals surface area (Å²) in [5, 5.41) is 9.94. The Hall–Kier alpha value is -3.35. The van der Waals surface area contributed by atoms with E-state index >= 15 is 0 Å². The molecule has 2 N–H and O–H groups in total. The normalized spacial score (nSPS) is 13.9. The van der Waals surface area contributed by atoms with Crippen molar-refractivity contribution in [2.45, 2.75) is 32.1 Å². The zero-order valence-corrected chi connectivity index (χ0v) is 20.4. The number of nitrogens with zero attached hydrogens (tertiary/aromatic N) is 2. The predicted molar refractivity (Wildman–Crippen MR) is 142 cm³/mol. The maximum absolute atomic E-state index is 12.3. The highest BCUT2D eigenvalue weighted by Crippen LogP contribution is 2.38. The summed E-state index contributed by atoms with van der Waals surface area (Å²) >= 11 is 5.98. The molecule has 0 spiro atoms. The van der Waals surface area contributed by atoms with Crippen LogP contribution in [0.2, 0.25) is 5.02 Å². The van der Waals surface area contributed by atoms with Crippen LogP contribution in [0.15, 0.2) is 82.5 Å². The van der Waals surface area contributed by atoms with Crippen molar-refractivity contribution in [1.82, 2.24) is 14.9 Å². The fourth-order valence-electron chi connectivity index (χ4n) is 4.32. The molecular weight excluding hydrogens is 462 g/mol. The summed E-state index contributed by atoms with van der Waals surface area (Å²) in [6.45, 7) is 7.10. The number of furan rings is 1. The first-order valence-corrected chi connectivity index (χ1v) is 12.3. The van der Waals surface area contributed by atoms with Gasteiger partial charge in [-0.05, 0) is 56.6 Å². The molecule has 3 heterocycles. The molecule has 2 aromatic heterocycles. The summed E-state index contributed by atoms with van der Waals surface area (Å²) in [5.74, 6) is 0.944.